The molecular formula is C10H11Cl. The highest BCUT2D eigenvalue weighted by atomic mass is 35.5. The summed E-state index contributed by atoms with van der Waals surface area (Å²) < 4.78 is 0. The van der Waals surface area contributed by atoms with Crippen LogP contribution in [0.25, 0.3) is 6.08 Å². The van der Waals surface area contributed by atoms with Crippen molar-refractivity contribution in [3.8, 4) is 0 Å². The molecule has 0 heterocycles. The largest absolute Gasteiger partial charge is 0.122 e. The average Bonchev–Trinajstić information content (AvgIpc) is 2.06. The molecule has 1 aromatic carbocycles. The summed E-state index contributed by atoms with van der Waals surface area (Å²) in [4.78, 5) is 0. The third kappa shape index (κ3) is 2.77. The quantitative estimate of drug-likeness (QED) is 0.592. The topological polar surface area (TPSA) is 0 Å². The maximum Gasteiger partial charge on any atom is 0.0434 e. The number of rotatable bonds is 2. The fraction of sp³-hybridized carbons (Fsp3) is 0.200. The average molecular weight is 167 g/mol. The predicted molar refractivity (Wildman–Crippen MR) is 50.8 cm³/mol. The van der Waals surface area contributed by atoms with Gasteiger partial charge in [0.05, 0.1) is 0 Å². The highest BCUT2D eigenvalue weighted by Crippen LogP contribution is 2.06. The molecule has 0 atom stereocenters. The third-order valence-corrected chi connectivity index (χ3v) is 1.84. The second kappa shape index (κ2) is 4.20. The molecule has 11 heavy (non-hydrogen) atoms. The molecule has 0 fully saturated rings. The van der Waals surface area contributed by atoms with Gasteiger partial charge in [-0.05, 0) is 12.5 Å². The van der Waals surface area contributed by atoms with Gasteiger partial charge in [0.1, 0.15) is 0 Å². The lowest BCUT2D eigenvalue weighted by atomic mass is 10.2. The Kier molecular flexibility index (Phi) is 3.18. The van der Waals surface area contributed by atoms with Gasteiger partial charge in [0.15, 0.2) is 0 Å². The Labute approximate surface area is 72.5 Å². The Balaban J connectivity index is 2.79. The molecule has 0 unspecified atom stereocenters. The molecule has 0 bridgehead atoms. The number of alkyl halides is 1. The fourth-order valence-electron chi connectivity index (χ4n) is 0.872. The lowest BCUT2D eigenvalue weighted by Crippen LogP contribution is -1.76. The van der Waals surface area contributed by atoms with Gasteiger partial charge in [-0.15, -0.1) is 11.6 Å². The second-order valence-electron chi connectivity index (χ2n) is 2.54. The van der Waals surface area contributed by atoms with E-state index in [1.807, 2.05) is 25.1 Å². The van der Waals surface area contributed by atoms with E-state index in [1.165, 1.54) is 11.1 Å². The van der Waals surface area contributed by atoms with E-state index < -0.39 is 0 Å². The minimum atomic E-state index is 0.606. The predicted octanol–water partition coefficient (Wildman–Crippen LogP) is 3.33. The Hall–Kier alpha value is -0.750. The number of hydrogen-bond donors (Lipinski definition) is 0. The Morgan fingerprint density at radius 3 is 2.55 bits per heavy atom. The van der Waals surface area contributed by atoms with Crippen molar-refractivity contribution in [2.24, 2.45) is 0 Å². The molecule has 0 aliphatic carbocycles. The Morgan fingerprint density at radius 2 is 2.00 bits per heavy atom. The van der Waals surface area contributed by atoms with Crippen molar-refractivity contribution in [2.45, 2.75) is 6.92 Å². The van der Waals surface area contributed by atoms with Crippen LogP contribution in [0.2, 0.25) is 0 Å². The third-order valence-electron chi connectivity index (χ3n) is 1.42. The van der Waals surface area contributed by atoms with Crippen molar-refractivity contribution in [3.63, 3.8) is 0 Å². The molecule has 0 aliphatic rings. The summed E-state index contributed by atoms with van der Waals surface area (Å²) in [7, 11) is 0. The molecule has 1 rings (SSSR count). The first kappa shape index (κ1) is 8.35. The van der Waals surface area contributed by atoms with Crippen LogP contribution in [-0.2, 0) is 0 Å². The zero-order valence-electron chi connectivity index (χ0n) is 6.55. The summed E-state index contributed by atoms with van der Waals surface area (Å²) in [5.41, 5.74) is 2.41. The van der Waals surface area contributed by atoms with Crippen LogP contribution in [0.5, 0.6) is 0 Å². The van der Waals surface area contributed by atoms with Gasteiger partial charge in [-0.1, -0.05) is 42.0 Å². The first-order chi connectivity index (χ1) is 5.33. The fourth-order valence-corrected chi connectivity index (χ4v) is 0.950. The standard InChI is InChI=1S/C10H11Cl/c1-9(8-11)7-10-5-3-2-4-6-10/h2-7H,8H2,1H3/b9-7+. The van der Waals surface area contributed by atoms with Crippen molar-refractivity contribution in [2.75, 3.05) is 5.88 Å². The van der Waals surface area contributed by atoms with E-state index in [1.54, 1.807) is 0 Å². The van der Waals surface area contributed by atoms with E-state index in [0.717, 1.165) is 0 Å². The maximum absolute atomic E-state index is 5.63. The molecule has 1 heteroatoms. The molecule has 1 aromatic rings. The molecule has 0 saturated carbocycles. The summed E-state index contributed by atoms with van der Waals surface area (Å²) in [6.45, 7) is 2.03. The van der Waals surface area contributed by atoms with E-state index in [2.05, 4.69) is 18.2 Å². The minimum absolute atomic E-state index is 0.606. The number of benzene rings is 1. The van der Waals surface area contributed by atoms with Crippen LogP contribution < -0.4 is 0 Å². The van der Waals surface area contributed by atoms with Crippen molar-refractivity contribution in [1.82, 2.24) is 0 Å². The van der Waals surface area contributed by atoms with Gasteiger partial charge in [-0.25, -0.2) is 0 Å². The first-order valence-electron chi connectivity index (χ1n) is 3.61. The smallest absolute Gasteiger partial charge is 0.0434 e. The van der Waals surface area contributed by atoms with Crippen LogP contribution in [-0.4, -0.2) is 5.88 Å². The SMILES string of the molecule is C/C(=C\c1ccccc1)CCl. The van der Waals surface area contributed by atoms with E-state index in [0.29, 0.717) is 5.88 Å². The Bertz CT molecular complexity index is 236. The molecule has 58 valence electrons. The summed E-state index contributed by atoms with van der Waals surface area (Å²) >= 11 is 5.63. The van der Waals surface area contributed by atoms with Gasteiger partial charge in [-0.3, -0.25) is 0 Å². The van der Waals surface area contributed by atoms with Crippen LogP contribution in [0.15, 0.2) is 35.9 Å². The van der Waals surface area contributed by atoms with Crippen LogP contribution in [0.4, 0.5) is 0 Å². The molecule has 0 saturated heterocycles. The molecule has 0 spiro atoms. The summed E-state index contributed by atoms with van der Waals surface area (Å²) in [5.74, 6) is 0.606. The van der Waals surface area contributed by atoms with E-state index in [-0.39, 0.29) is 0 Å². The van der Waals surface area contributed by atoms with Gasteiger partial charge in [0, 0.05) is 5.88 Å². The van der Waals surface area contributed by atoms with Crippen LogP contribution >= 0.6 is 11.6 Å². The van der Waals surface area contributed by atoms with Gasteiger partial charge < -0.3 is 0 Å². The van der Waals surface area contributed by atoms with Crippen molar-refractivity contribution >= 4 is 17.7 Å². The van der Waals surface area contributed by atoms with Crippen molar-refractivity contribution in [1.29, 1.82) is 0 Å². The molecule has 0 amide bonds. The zero-order chi connectivity index (χ0) is 8.10. The second-order valence-corrected chi connectivity index (χ2v) is 2.80. The zero-order valence-corrected chi connectivity index (χ0v) is 7.31. The molecule has 0 radical (unpaired) electrons. The van der Waals surface area contributed by atoms with Gasteiger partial charge in [0.2, 0.25) is 0 Å². The molecular weight excluding hydrogens is 156 g/mol. The van der Waals surface area contributed by atoms with E-state index >= 15 is 0 Å². The van der Waals surface area contributed by atoms with Crippen LogP contribution in [0.1, 0.15) is 12.5 Å². The van der Waals surface area contributed by atoms with Crippen molar-refractivity contribution < 1.29 is 0 Å². The summed E-state index contributed by atoms with van der Waals surface area (Å²) in [5, 5.41) is 0. The highest BCUT2D eigenvalue weighted by molar-refractivity contribution is 6.19. The summed E-state index contributed by atoms with van der Waals surface area (Å²) in [6, 6.07) is 10.2. The minimum Gasteiger partial charge on any atom is -0.122 e. The molecule has 0 nitrogen and oxygen atoms in total. The van der Waals surface area contributed by atoms with E-state index in [9.17, 15) is 0 Å². The van der Waals surface area contributed by atoms with E-state index in [4.69, 9.17) is 11.6 Å². The molecule has 0 aromatic heterocycles. The van der Waals surface area contributed by atoms with Gasteiger partial charge >= 0.3 is 0 Å². The first-order valence-corrected chi connectivity index (χ1v) is 4.14. The monoisotopic (exact) mass is 166 g/mol. The van der Waals surface area contributed by atoms with Crippen LogP contribution in [0.3, 0.4) is 0 Å². The lowest BCUT2D eigenvalue weighted by molar-refractivity contribution is 1.43. The summed E-state index contributed by atoms with van der Waals surface area (Å²) in [6.07, 6.45) is 2.09. The van der Waals surface area contributed by atoms with Crippen molar-refractivity contribution in [3.05, 3.63) is 41.5 Å². The number of halogens is 1. The van der Waals surface area contributed by atoms with Crippen LogP contribution in [0, 0.1) is 0 Å². The number of hydrogen-bond acceptors (Lipinski definition) is 0. The lowest BCUT2D eigenvalue weighted by Gasteiger charge is -1.94. The Morgan fingerprint density at radius 1 is 1.36 bits per heavy atom. The maximum atomic E-state index is 5.63. The van der Waals surface area contributed by atoms with Gasteiger partial charge in [-0.2, -0.15) is 0 Å². The highest BCUT2D eigenvalue weighted by Gasteiger charge is 1.86. The number of allylic oxidation sites excluding steroid dienone is 1. The normalized spacial score (nSPS) is 11.6. The van der Waals surface area contributed by atoms with Gasteiger partial charge in [0.25, 0.3) is 0 Å². The molecule has 0 aliphatic heterocycles. The molecule has 0 N–H and O–H groups in total.